The first-order valence-corrected chi connectivity index (χ1v) is 5.53. The lowest BCUT2D eigenvalue weighted by atomic mass is 10.1. The van der Waals surface area contributed by atoms with Gasteiger partial charge in [0.1, 0.15) is 0 Å². The van der Waals surface area contributed by atoms with Gasteiger partial charge >= 0.3 is 0 Å². The molecule has 0 saturated heterocycles. The Hall–Kier alpha value is -1.55. The van der Waals surface area contributed by atoms with Crippen LogP contribution in [0.4, 0.5) is 0 Å². The Balaban J connectivity index is 1.82. The quantitative estimate of drug-likeness (QED) is 0.700. The zero-order valence-electron chi connectivity index (χ0n) is 9.35. The molecule has 1 heterocycles. The van der Waals surface area contributed by atoms with Gasteiger partial charge in [0.05, 0.1) is 12.6 Å². The number of aliphatic imine (C=N–C) groups is 1. The maximum atomic E-state index is 9.90. The summed E-state index contributed by atoms with van der Waals surface area (Å²) in [5.41, 5.74) is 0.918. The molecule has 1 aliphatic rings. The third kappa shape index (κ3) is 2.73. The second-order valence-corrected chi connectivity index (χ2v) is 4.04. The van der Waals surface area contributed by atoms with Crippen LogP contribution in [-0.2, 0) is 0 Å². The van der Waals surface area contributed by atoms with E-state index in [1.807, 2.05) is 30.3 Å². The molecule has 0 amide bonds. The van der Waals surface area contributed by atoms with Gasteiger partial charge in [-0.15, -0.1) is 0 Å². The van der Waals surface area contributed by atoms with Gasteiger partial charge in [0.25, 0.3) is 0 Å². The van der Waals surface area contributed by atoms with Crippen molar-refractivity contribution in [1.82, 2.24) is 10.6 Å². The molecule has 0 aliphatic carbocycles. The molecule has 86 valence electrons. The van der Waals surface area contributed by atoms with Gasteiger partial charge in [-0.3, -0.25) is 4.99 Å². The molecule has 0 spiro atoms. The average Bonchev–Trinajstić information content (AvgIpc) is 2.73. The van der Waals surface area contributed by atoms with Crippen LogP contribution in [-0.4, -0.2) is 30.2 Å². The Morgan fingerprint density at radius 3 is 2.88 bits per heavy atom. The van der Waals surface area contributed by atoms with Gasteiger partial charge in [0.2, 0.25) is 0 Å². The van der Waals surface area contributed by atoms with Crippen LogP contribution in [0.25, 0.3) is 0 Å². The van der Waals surface area contributed by atoms with E-state index in [-0.39, 0.29) is 0 Å². The summed E-state index contributed by atoms with van der Waals surface area (Å²) in [7, 11) is 0. The predicted octanol–water partition coefficient (Wildman–Crippen LogP) is 0.657. The zero-order chi connectivity index (χ0) is 11.4. The van der Waals surface area contributed by atoms with Crippen molar-refractivity contribution < 1.29 is 5.11 Å². The number of aliphatic hydroxyl groups is 1. The van der Waals surface area contributed by atoms with Gasteiger partial charge in [-0.2, -0.15) is 0 Å². The normalized spacial score (nSPS) is 21.1. The van der Waals surface area contributed by atoms with Crippen LogP contribution >= 0.6 is 0 Å². The average molecular weight is 219 g/mol. The van der Waals surface area contributed by atoms with Crippen molar-refractivity contribution in [3.8, 4) is 0 Å². The maximum absolute atomic E-state index is 9.90. The predicted molar refractivity (Wildman–Crippen MR) is 64.3 cm³/mol. The van der Waals surface area contributed by atoms with Crippen molar-refractivity contribution in [2.75, 3.05) is 13.1 Å². The highest BCUT2D eigenvalue weighted by Gasteiger charge is 2.13. The fraction of sp³-hybridized carbons (Fsp3) is 0.417. The molecule has 0 saturated carbocycles. The lowest BCUT2D eigenvalue weighted by Gasteiger charge is -2.13. The lowest BCUT2D eigenvalue weighted by Crippen LogP contribution is -2.39. The maximum Gasteiger partial charge on any atom is 0.191 e. The number of hydrogen-bond acceptors (Lipinski definition) is 4. The molecule has 2 rings (SSSR count). The van der Waals surface area contributed by atoms with Crippen molar-refractivity contribution >= 4 is 5.96 Å². The minimum atomic E-state index is -0.499. The lowest BCUT2D eigenvalue weighted by molar-refractivity contribution is 0.181. The first-order chi connectivity index (χ1) is 7.75. The molecule has 1 aromatic rings. The van der Waals surface area contributed by atoms with Gasteiger partial charge in [0, 0.05) is 12.6 Å². The first kappa shape index (κ1) is 11.0. The SMILES string of the molecule is CC1CN=C(NCC(O)c2ccccc2)N1. The minimum Gasteiger partial charge on any atom is -0.387 e. The molecule has 0 bridgehead atoms. The van der Waals surface area contributed by atoms with E-state index in [2.05, 4.69) is 22.5 Å². The molecule has 0 radical (unpaired) electrons. The summed E-state index contributed by atoms with van der Waals surface area (Å²) in [6.07, 6.45) is -0.499. The smallest absolute Gasteiger partial charge is 0.191 e. The number of nitrogens with one attached hydrogen (secondary N) is 2. The summed E-state index contributed by atoms with van der Waals surface area (Å²) in [6, 6.07) is 10.0. The summed E-state index contributed by atoms with van der Waals surface area (Å²) in [4.78, 5) is 4.27. The molecule has 4 nitrogen and oxygen atoms in total. The summed E-state index contributed by atoms with van der Waals surface area (Å²) < 4.78 is 0. The molecule has 0 fully saturated rings. The summed E-state index contributed by atoms with van der Waals surface area (Å²) in [6.45, 7) is 3.35. The summed E-state index contributed by atoms with van der Waals surface area (Å²) in [5, 5.41) is 16.2. The standard InChI is InChI=1S/C12H17N3O/c1-9-7-13-12(15-9)14-8-11(16)10-5-3-2-4-6-10/h2-6,9,11,16H,7-8H2,1H3,(H2,13,14,15). The molecule has 1 aromatic carbocycles. The molecule has 2 atom stereocenters. The number of rotatable bonds is 3. The second-order valence-electron chi connectivity index (χ2n) is 4.04. The molecule has 0 aromatic heterocycles. The monoisotopic (exact) mass is 219 g/mol. The van der Waals surface area contributed by atoms with Crippen molar-refractivity contribution in [1.29, 1.82) is 0 Å². The number of hydrogen-bond donors (Lipinski definition) is 3. The fourth-order valence-electron chi connectivity index (χ4n) is 1.65. The highest BCUT2D eigenvalue weighted by atomic mass is 16.3. The molecule has 3 N–H and O–H groups in total. The molecule has 2 unspecified atom stereocenters. The molecular weight excluding hydrogens is 202 g/mol. The van der Waals surface area contributed by atoms with E-state index in [4.69, 9.17) is 0 Å². The Kier molecular flexibility index (Phi) is 3.41. The van der Waals surface area contributed by atoms with Crippen LogP contribution in [0.5, 0.6) is 0 Å². The van der Waals surface area contributed by atoms with E-state index in [1.165, 1.54) is 0 Å². The number of benzene rings is 1. The van der Waals surface area contributed by atoms with Crippen LogP contribution in [0.1, 0.15) is 18.6 Å². The zero-order valence-corrected chi connectivity index (χ0v) is 9.35. The van der Waals surface area contributed by atoms with Crippen molar-refractivity contribution in [3.63, 3.8) is 0 Å². The molecule has 1 aliphatic heterocycles. The number of nitrogens with zero attached hydrogens (tertiary/aromatic N) is 1. The summed E-state index contributed by atoms with van der Waals surface area (Å²) >= 11 is 0. The van der Waals surface area contributed by atoms with Crippen LogP contribution in [0.15, 0.2) is 35.3 Å². The number of aliphatic hydroxyl groups excluding tert-OH is 1. The Labute approximate surface area is 95.4 Å². The van der Waals surface area contributed by atoms with E-state index in [0.717, 1.165) is 18.1 Å². The third-order valence-electron chi connectivity index (χ3n) is 2.55. The van der Waals surface area contributed by atoms with Gasteiger partial charge < -0.3 is 15.7 Å². The van der Waals surface area contributed by atoms with E-state index < -0.39 is 6.10 Å². The van der Waals surface area contributed by atoms with E-state index in [9.17, 15) is 5.11 Å². The topological polar surface area (TPSA) is 56.7 Å². The van der Waals surface area contributed by atoms with E-state index in [0.29, 0.717) is 12.6 Å². The Morgan fingerprint density at radius 1 is 1.50 bits per heavy atom. The van der Waals surface area contributed by atoms with Crippen LogP contribution in [0.3, 0.4) is 0 Å². The van der Waals surface area contributed by atoms with E-state index >= 15 is 0 Å². The minimum absolute atomic E-state index is 0.386. The van der Waals surface area contributed by atoms with Crippen molar-refractivity contribution in [2.45, 2.75) is 19.1 Å². The van der Waals surface area contributed by atoms with Crippen LogP contribution < -0.4 is 10.6 Å². The van der Waals surface area contributed by atoms with Crippen LogP contribution in [0.2, 0.25) is 0 Å². The highest BCUT2D eigenvalue weighted by Crippen LogP contribution is 2.10. The fourth-order valence-corrected chi connectivity index (χ4v) is 1.65. The van der Waals surface area contributed by atoms with Gasteiger partial charge in [0.15, 0.2) is 5.96 Å². The van der Waals surface area contributed by atoms with Gasteiger partial charge in [-0.25, -0.2) is 0 Å². The van der Waals surface area contributed by atoms with Crippen molar-refractivity contribution in [3.05, 3.63) is 35.9 Å². The summed E-state index contributed by atoms with van der Waals surface area (Å²) in [5.74, 6) is 0.780. The largest absolute Gasteiger partial charge is 0.387 e. The highest BCUT2D eigenvalue weighted by molar-refractivity contribution is 5.81. The van der Waals surface area contributed by atoms with E-state index in [1.54, 1.807) is 0 Å². The van der Waals surface area contributed by atoms with Gasteiger partial charge in [-0.1, -0.05) is 30.3 Å². The second kappa shape index (κ2) is 4.99. The van der Waals surface area contributed by atoms with Crippen LogP contribution in [0, 0.1) is 0 Å². The molecular formula is C12H17N3O. The first-order valence-electron chi connectivity index (χ1n) is 5.53. The molecule has 16 heavy (non-hydrogen) atoms. The van der Waals surface area contributed by atoms with Gasteiger partial charge in [-0.05, 0) is 12.5 Å². The number of guanidine groups is 1. The Bertz CT molecular complexity index is 364. The molecule has 4 heteroatoms. The Morgan fingerprint density at radius 2 is 2.25 bits per heavy atom. The third-order valence-corrected chi connectivity index (χ3v) is 2.55. The van der Waals surface area contributed by atoms with Crippen molar-refractivity contribution in [2.24, 2.45) is 4.99 Å².